The van der Waals surface area contributed by atoms with Gasteiger partial charge in [-0.3, -0.25) is 14.4 Å². The van der Waals surface area contributed by atoms with Crippen LogP contribution in [-0.2, 0) is 32.0 Å². The molecule has 4 unspecified atom stereocenters. The Morgan fingerprint density at radius 1 is 0.756 bits per heavy atom. The molecule has 4 aromatic rings. The van der Waals surface area contributed by atoms with Gasteiger partial charge in [0.1, 0.15) is 18.1 Å². The molecule has 0 aliphatic rings. The first kappa shape index (κ1) is 33.2. The van der Waals surface area contributed by atoms with Gasteiger partial charge in [0, 0.05) is 47.0 Å². The zero-order valence-electron chi connectivity index (χ0n) is 25.6. The molecular formula is C33H43N7O5. The number of para-hydroxylation sites is 2. The summed E-state index contributed by atoms with van der Waals surface area (Å²) in [5.41, 5.74) is 14.8. The average molecular weight is 618 g/mol. The van der Waals surface area contributed by atoms with E-state index in [1.807, 2.05) is 48.5 Å². The van der Waals surface area contributed by atoms with E-state index in [-0.39, 0.29) is 18.8 Å². The summed E-state index contributed by atoms with van der Waals surface area (Å²) in [6.45, 7) is 4.05. The number of nitrogens with one attached hydrogen (secondary N) is 5. The lowest BCUT2D eigenvalue weighted by molar-refractivity contribution is -0.142. The normalized spacial score (nSPS) is 14.2. The number of benzene rings is 2. The lowest BCUT2D eigenvalue weighted by Crippen LogP contribution is -2.59. The molecule has 0 saturated heterocycles. The molecule has 0 aliphatic heterocycles. The second-order valence-electron chi connectivity index (χ2n) is 11.7. The Balaban J connectivity index is 1.55. The van der Waals surface area contributed by atoms with E-state index in [1.54, 1.807) is 26.2 Å². The zero-order valence-corrected chi connectivity index (χ0v) is 25.6. The zero-order chi connectivity index (χ0) is 32.5. The average Bonchev–Trinajstić information content (AvgIpc) is 3.62. The maximum atomic E-state index is 13.8. The lowest BCUT2D eigenvalue weighted by atomic mass is 9.99. The van der Waals surface area contributed by atoms with Crippen molar-refractivity contribution in [3.63, 3.8) is 0 Å². The summed E-state index contributed by atoms with van der Waals surface area (Å²) in [7, 11) is 0. The number of rotatable bonds is 16. The molecule has 2 heterocycles. The van der Waals surface area contributed by atoms with Gasteiger partial charge in [-0.05, 0) is 48.6 Å². The summed E-state index contributed by atoms with van der Waals surface area (Å²) < 4.78 is 0. The molecule has 12 heteroatoms. The fraction of sp³-hybridized carbons (Fsp3) is 0.394. The quantitative estimate of drug-likeness (QED) is 0.0877. The highest BCUT2D eigenvalue weighted by molar-refractivity contribution is 5.95. The molecule has 4 atom stereocenters. The third-order valence-electron chi connectivity index (χ3n) is 8.00. The van der Waals surface area contributed by atoms with Crippen molar-refractivity contribution in [3.05, 3.63) is 72.1 Å². The first-order valence-electron chi connectivity index (χ1n) is 15.3. The van der Waals surface area contributed by atoms with Crippen LogP contribution in [0.3, 0.4) is 0 Å². The van der Waals surface area contributed by atoms with E-state index in [0.717, 1.165) is 39.4 Å². The van der Waals surface area contributed by atoms with Gasteiger partial charge < -0.3 is 42.5 Å². The predicted octanol–water partition coefficient (Wildman–Crippen LogP) is 2.09. The number of carboxylic acid groups (broad SMARTS) is 1. The van der Waals surface area contributed by atoms with Crippen LogP contribution in [0.4, 0.5) is 0 Å². The Morgan fingerprint density at radius 2 is 1.29 bits per heavy atom. The van der Waals surface area contributed by atoms with Crippen molar-refractivity contribution in [1.82, 2.24) is 25.9 Å². The molecule has 0 fully saturated rings. The van der Waals surface area contributed by atoms with Gasteiger partial charge in [-0.15, -0.1) is 0 Å². The minimum Gasteiger partial charge on any atom is -0.480 e. The third-order valence-corrected chi connectivity index (χ3v) is 8.00. The van der Waals surface area contributed by atoms with Gasteiger partial charge in [-0.1, -0.05) is 56.7 Å². The topological polar surface area (TPSA) is 208 Å². The number of carboxylic acids is 1. The molecule has 12 nitrogen and oxygen atoms in total. The highest BCUT2D eigenvalue weighted by Gasteiger charge is 2.32. The summed E-state index contributed by atoms with van der Waals surface area (Å²) in [4.78, 5) is 58.9. The molecule has 240 valence electrons. The number of nitrogens with two attached hydrogens (primary N) is 2. The minimum absolute atomic E-state index is 0.0333. The Morgan fingerprint density at radius 3 is 1.82 bits per heavy atom. The molecule has 0 spiro atoms. The maximum absolute atomic E-state index is 13.8. The van der Waals surface area contributed by atoms with Gasteiger partial charge >= 0.3 is 5.97 Å². The van der Waals surface area contributed by atoms with Crippen molar-refractivity contribution in [2.24, 2.45) is 17.4 Å². The van der Waals surface area contributed by atoms with Gasteiger partial charge in [-0.25, -0.2) is 4.79 Å². The number of carbonyl (C=O) groups is 4. The van der Waals surface area contributed by atoms with Crippen LogP contribution in [0.15, 0.2) is 60.9 Å². The summed E-state index contributed by atoms with van der Waals surface area (Å²) in [6, 6.07) is 10.9. The van der Waals surface area contributed by atoms with Crippen LogP contribution in [-0.4, -0.2) is 69.5 Å². The number of carbonyl (C=O) groups excluding carboxylic acids is 3. The van der Waals surface area contributed by atoms with E-state index in [0.29, 0.717) is 19.4 Å². The minimum atomic E-state index is -1.26. The Labute approximate surface area is 261 Å². The molecule has 0 bridgehead atoms. The van der Waals surface area contributed by atoms with Gasteiger partial charge in [0.15, 0.2) is 0 Å². The number of unbranched alkanes of at least 4 members (excludes halogenated alkanes) is 1. The monoisotopic (exact) mass is 617 g/mol. The summed E-state index contributed by atoms with van der Waals surface area (Å²) in [6.07, 6.45) is 5.45. The molecule has 10 N–H and O–H groups in total. The number of aromatic nitrogens is 2. The Bertz CT molecular complexity index is 1630. The van der Waals surface area contributed by atoms with E-state index in [1.165, 1.54) is 0 Å². The lowest BCUT2D eigenvalue weighted by Gasteiger charge is -2.27. The molecule has 2 aromatic heterocycles. The van der Waals surface area contributed by atoms with Crippen LogP contribution in [0.25, 0.3) is 21.8 Å². The standard InChI is InChI=1S/C33H43N7O5/c1-19(2)29(40-30(41)24(35)11-7-8-14-34)32(43)38-27(15-20-17-36-25-12-5-3-9-22(20)25)31(42)39-28(33(44)45)16-21-18-37-26-13-6-4-10-23(21)26/h3-6,9-10,12-13,17-19,24,27-29,36-37H,7-8,11,14-16,34-35H2,1-2H3,(H,38,43)(H,39,42)(H,40,41)(H,44,45). The van der Waals surface area contributed by atoms with Gasteiger partial charge in [-0.2, -0.15) is 0 Å². The predicted molar refractivity (Wildman–Crippen MR) is 173 cm³/mol. The fourth-order valence-electron chi connectivity index (χ4n) is 5.42. The Kier molecular flexibility index (Phi) is 11.3. The summed E-state index contributed by atoms with van der Waals surface area (Å²) in [5, 5.41) is 20.0. The van der Waals surface area contributed by atoms with Crippen molar-refractivity contribution in [1.29, 1.82) is 0 Å². The van der Waals surface area contributed by atoms with Crippen LogP contribution in [0.1, 0.15) is 44.2 Å². The van der Waals surface area contributed by atoms with Crippen molar-refractivity contribution in [3.8, 4) is 0 Å². The van der Waals surface area contributed by atoms with Gasteiger partial charge in [0.2, 0.25) is 17.7 Å². The van der Waals surface area contributed by atoms with Crippen molar-refractivity contribution < 1.29 is 24.3 Å². The highest BCUT2D eigenvalue weighted by atomic mass is 16.4. The SMILES string of the molecule is CC(C)C(NC(=O)C(N)CCCCN)C(=O)NC(Cc1c[nH]c2ccccc12)C(=O)NC(Cc1c[nH]c2ccccc12)C(=O)O. The van der Waals surface area contributed by atoms with Crippen LogP contribution in [0.2, 0.25) is 0 Å². The van der Waals surface area contributed by atoms with Crippen LogP contribution in [0, 0.1) is 5.92 Å². The number of fused-ring (bicyclic) bond motifs is 2. The van der Waals surface area contributed by atoms with Crippen molar-refractivity contribution in [2.75, 3.05) is 6.54 Å². The molecule has 3 amide bonds. The molecular weight excluding hydrogens is 574 g/mol. The summed E-state index contributed by atoms with van der Waals surface area (Å²) >= 11 is 0. The van der Waals surface area contributed by atoms with Crippen LogP contribution >= 0.6 is 0 Å². The van der Waals surface area contributed by atoms with E-state index >= 15 is 0 Å². The second kappa shape index (κ2) is 15.4. The number of hydrogen-bond donors (Lipinski definition) is 8. The Hall–Kier alpha value is -4.68. The second-order valence-corrected chi connectivity index (χ2v) is 11.7. The van der Waals surface area contributed by atoms with Gasteiger partial charge in [0.05, 0.1) is 6.04 Å². The first-order valence-corrected chi connectivity index (χ1v) is 15.3. The van der Waals surface area contributed by atoms with E-state index in [2.05, 4.69) is 25.9 Å². The number of aliphatic carboxylic acids is 1. The smallest absolute Gasteiger partial charge is 0.326 e. The molecule has 2 aromatic carbocycles. The van der Waals surface area contributed by atoms with E-state index in [9.17, 15) is 24.3 Å². The highest BCUT2D eigenvalue weighted by Crippen LogP contribution is 2.21. The summed E-state index contributed by atoms with van der Waals surface area (Å²) in [5.74, 6) is -3.23. The number of H-pyrrole nitrogens is 2. The molecule has 0 saturated carbocycles. The number of hydrogen-bond acceptors (Lipinski definition) is 6. The van der Waals surface area contributed by atoms with Crippen LogP contribution < -0.4 is 27.4 Å². The molecule has 45 heavy (non-hydrogen) atoms. The first-order chi connectivity index (χ1) is 21.6. The third kappa shape index (κ3) is 8.49. The fourth-order valence-corrected chi connectivity index (χ4v) is 5.42. The molecule has 4 rings (SSSR count). The van der Waals surface area contributed by atoms with Gasteiger partial charge in [0.25, 0.3) is 0 Å². The number of aromatic amines is 2. The van der Waals surface area contributed by atoms with E-state index in [4.69, 9.17) is 11.5 Å². The largest absolute Gasteiger partial charge is 0.480 e. The number of amides is 3. The molecule has 0 aliphatic carbocycles. The van der Waals surface area contributed by atoms with Crippen LogP contribution in [0.5, 0.6) is 0 Å². The van der Waals surface area contributed by atoms with E-state index < -0.39 is 47.9 Å². The molecule has 0 radical (unpaired) electrons. The van der Waals surface area contributed by atoms with Crippen molar-refractivity contribution >= 4 is 45.5 Å². The van der Waals surface area contributed by atoms with Crippen molar-refractivity contribution in [2.45, 2.75) is 70.1 Å². The maximum Gasteiger partial charge on any atom is 0.326 e.